The van der Waals surface area contributed by atoms with E-state index in [1.54, 1.807) is 0 Å². The molecule has 27 heavy (non-hydrogen) atoms. The Balaban J connectivity index is 1.95. The first-order valence-electron chi connectivity index (χ1n) is 9.67. The smallest absolute Gasteiger partial charge is 0.309 e. The fourth-order valence-electron chi connectivity index (χ4n) is 4.22. The van der Waals surface area contributed by atoms with Crippen LogP contribution in [0.15, 0.2) is 48.5 Å². The van der Waals surface area contributed by atoms with E-state index in [-0.39, 0.29) is 12.4 Å². The summed E-state index contributed by atoms with van der Waals surface area (Å²) in [6.07, 6.45) is 1.94. The fourth-order valence-corrected chi connectivity index (χ4v) is 4.22. The number of carbonyl (C=O) groups excluding carboxylic acids is 1. The zero-order valence-corrected chi connectivity index (χ0v) is 15.9. The maximum Gasteiger partial charge on any atom is 0.309 e. The van der Waals surface area contributed by atoms with E-state index in [4.69, 9.17) is 9.47 Å². The van der Waals surface area contributed by atoms with Crippen LogP contribution in [0.1, 0.15) is 42.7 Å². The molecule has 1 atom stereocenters. The molecule has 4 nitrogen and oxygen atoms in total. The quantitative estimate of drug-likeness (QED) is 0.679. The Morgan fingerprint density at radius 3 is 2.70 bits per heavy atom. The van der Waals surface area contributed by atoms with Crippen LogP contribution in [0.5, 0.6) is 0 Å². The Kier molecular flexibility index (Phi) is 4.75. The van der Waals surface area contributed by atoms with Crippen molar-refractivity contribution in [3.63, 3.8) is 0 Å². The number of fused-ring (bicyclic) bond motifs is 3. The number of rotatable bonds is 5. The third-order valence-electron chi connectivity index (χ3n) is 5.45. The van der Waals surface area contributed by atoms with Crippen molar-refractivity contribution in [3.8, 4) is 0 Å². The highest BCUT2D eigenvalue weighted by Crippen LogP contribution is 2.44. The Morgan fingerprint density at radius 1 is 1.15 bits per heavy atom. The standard InChI is InChI=1S/C23H25NO3/c1-3-16-9-8-12-18-19-13-14-27-23(15-20(25)26-4-2,22(19)24-21(16)18)17-10-6-5-7-11-17/h5-12,24H,3-4,13-15H2,1-2H3. The van der Waals surface area contributed by atoms with Crippen molar-refractivity contribution in [1.29, 1.82) is 0 Å². The van der Waals surface area contributed by atoms with E-state index in [0.717, 1.165) is 29.6 Å². The highest BCUT2D eigenvalue weighted by atomic mass is 16.5. The Hall–Kier alpha value is -2.59. The van der Waals surface area contributed by atoms with Gasteiger partial charge in [-0.25, -0.2) is 0 Å². The Bertz CT molecular complexity index is 960. The minimum absolute atomic E-state index is 0.159. The van der Waals surface area contributed by atoms with Crippen molar-refractivity contribution in [2.24, 2.45) is 0 Å². The molecule has 0 amide bonds. The zero-order valence-electron chi connectivity index (χ0n) is 15.9. The van der Waals surface area contributed by atoms with Crippen molar-refractivity contribution in [1.82, 2.24) is 4.98 Å². The van der Waals surface area contributed by atoms with Crippen LogP contribution in [0.25, 0.3) is 10.9 Å². The van der Waals surface area contributed by atoms with Gasteiger partial charge in [-0.1, -0.05) is 55.5 Å². The maximum atomic E-state index is 12.5. The number of benzene rings is 2. The molecule has 0 saturated heterocycles. The van der Waals surface area contributed by atoms with Gasteiger partial charge in [0.25, 0.3) is 0 Å². The summed E-state index contributed by atoms with van der Waals surface area (Å²) in [4.78, 5) is 16.2. The lowest BCUT2D eigenvalue weighted by atomic mass is 9.82. The molecule has 3 aromatic rings. The van der Waals surface area contributed by atoms with Crippen molar-refractivity contribution in [2.75, 3.05) is 13.2 Å². The predicted molar refractivity (Wildman–Crippen MR) is 106 cm³/mol. The third-order valence-corrected chi connectivity index (χ3v) is 5.45. The first-order valence-corrected chi connectivity index (χ1v) is 9.67. The van der Waals surface area contributed by atoms with Crippen molar-refractivity contribution in [3.05, 3.63) is 70.9 Å². The molecule has 0 radical (unpaired) electrons. The van der Waals surface area contributed by atoms with E-state index >= 15 is 0 Å². The number of aromatic amines is 1. The lowest BCUT2D eigenvalue weighted by Gasteiger charge is -2.37. The van der Waals surface area contributed by atoms with Crippen LogP contribution in [0.3, 0.4) is 0 Å². The van der Waals surface area contributed by atoms with E-state index in [1.807, 2.05) is 37.3 Å². The summed E-state index contributed by atoms with van der Waals surface area (Å²) in [5.41, 5.74) is 4.80. The number of aromatic nitrogens is 1. The minimum Gasteiger partial charge on any atom is -0.466 e. The number of aryl methyl sites for hydroxylation is 1. The monoisotopic (exact) mass is 363 g/mol. The average molecular weight is 363 g/mol. The molecule has 0 aliphatic carbocycles. The van der Waals surface area contributed by atoms with Gasteiger partial charge in [-0.15, -0.1) is 0 Å². The number of H-pyrrole nitrogens is 1. The molecule has 140 valence electrons. The first kappa shape index (κ1) is 17.8. The molecule has 0 saturated carbocycles. The van der Waals surface area contributed by atoms with Gasteiger partial charge in [0.15, 0.2) is 0 Å². The van der Waals surface area contributed by atoms with Crippen molar-refractivity contribution < 1.29 is 14.3 Å². The van der Waals surface area contributed by atoms with Gasteiger partial charge in [0, 0.05) is 10.9 Å². The Labute approximate surface area is 159 Å². The topological polar surface area (TPSA) is 51.3 Å². The second-order valence-electron chi connectivity index (χ2n) is 6.95. The average Bonchev–Trinajstić information content (AvgIpc) is 3.09. The molecule has 4 rings (SSSR count). The highest BCUT2D eigenvalue weighted by Gasteiger charge is 2.44. The number of hydrogen-bond acceptors (Lipinski definition) is 3. The summed E-state index contributed by atoms with van der Waals surface area (Å²) in [5, 5.41) is 1.23. The summed E-state index contributed by atoms with van der Waals surface area (Å²) in [5.74, 6) is -0.247. The van der Waals surface area contributed by atoms with Crippen LogP contribution in [-0.4, -0.2) is 24.2 Å². The van der Waals surface area contributed by atoms with Gasteiger partial charge >= 0.3 is 5.97 Å². The molecule has 1 unspecified atom stereocenters. The molecule has 1 aliphatic heterocycles. The number of nitrogens with one attached hydrogen (secondary N) is 1. The summed E-state index contributed by atoms with van der Waals surface area (Å²) in [7, 11) is 0. The Morgan fingerprint density at radius 2 is 1.96 bits per heavy atom. The van der Waals surface area contributed by atoms with Crippen LogP contribution in [-0.2, 0) is 32.7 Å². The first-order chi connectivity index (χ1) is 13.2. The normalized spacial score (nSPS) is 19.0. The number of para-hydroxylation sites is 1. The summed E-state index contributed by atoms with van der Waals surface area (Å²) in [6.45, 7) is 4.93. The molecule has 2 aromatic carbocycles. The van der Waals surface area contributed by atoms with Gasteiger partial charge in [-0.3, -0.25) is 4.79 Å². The number of hydrogen-bond donors (Lipinski definition) is 1. The van der Waals surface area contributed by atoms with Crippen molar-refractivity contribution >= 4 is 16.9 Å². The van der Waals surface area contributed by atoms with E-state index in [2.05, 4.69) is 30.1 Å². The molecule has 1 N–H and O–H groups in total. The van der Waals surface area contributed by atoms with Gasteiger partial charge in [0.1, 0.15) is 5.60 Å². The molecule has 1 aromatic heterocycles. The molecular formula is C23H25NO3. The lowest BCUT2D eigenvalue weighted by molar-refractivity contribution is -0.151. The highest BCUT2D eigenvalue weighted by molar-refractivity contribution is 5.88. The van der Waals surface area contributed by atoms with E-state index in [0.29, 0.717) is 13.2 Å². The predicted octanol–water partition coefficient (Wildman–Crippen LogP) is 4.50. The van der Waals surface area contributed by atoms with Crippen LogP contribution in [0, 0.1) is 0 Å². The van der Waals surface area contributed by atoms with E-state index in [1.165, 1.54) is 16.5 Å². The molecule has 1 aliphatic rings. The summed E-state index contributed by atoms with van der Waals surface area (Å²) >= 11 is 0. The molecule has 4 heteroatoms. The SMILES string of the molecule is CCOC(=O)CC1(c2ccccc2)OCCc2c1[nH]c1c(CC)cccc21. The lowest BCUT2D eigenvalue weighted by Crippen LogP contribution is -2.39. The number of ether oxygens (including phenoxy) is 2. The van der Waals surface area contributed by atoms with Crippen molar-refractivity contribution in [2.45, 2.75) is 38.7 Å². The molecule has 0 fully saturated rings. The van der Waals surface area contributed by atoms with Gasteiger partial charge in [0.05, 0.1) is 25.3 Å². The van der Waals surface area contributed by atoms with Gasteiger partial charge in [-0.05, 0) is 36.5 Å². The number of carbonyl (C=O) groups is 1. The van der Waals surface area contributed by atoms with Crippen LogP contribution in [0.2, 0.25) is 0 Å². The van der Waals surface area contributed by atoms with Crippen LogP contribution >= 0.6 is 0 Å². The van der Waals surface area contributed by atoms with Gasteiger partial charge in [-0.2, -0.15) is 0 Å². The largest absolute Gasteiger partial charge is 0.466 e. The second kappa shape index (κ2) is 7.20. The molecular weight excluding hydrogens is 338 g/mol. The zero-order chi connectivity index (χ0) is 18.9. The van der Waals surface area contributed by atoms with E-state index < -0.39 is 5.60 Å². The molecule has 0 bridgehead atoms. The maximum absolute atomic E-state index is 12.5. The third kappa shape index (κ3) is 2.94. The van der Waals surface area contributed by atoms with Gasteiger partial charge < -0.3 is 14.5 Å². The fraction of sp³-hybridized carbons (Fsp3) is 0.348. The molecule has 0 spiro atoms. The van der Waals surface area contributed by atoms with Gasteiger partial charge in [0.2, 0.25) is 0 Å². The van der Waals surface area contributed by atoms with Crippen LogP contribution in [0.4, 0.5) is 0 Å². The summed E-state index contributed by atoms with van der Waals surface area (Å²) < 4.78 is 11.7. The summed E-state index contributed by atoms with van der Waals surface area (Å²) in [6, 6.07) is 16.4. The second-order valence-corrected chi connectivity index (χ2v) is 6.95. The van der Waals surface area contributed by atoms with Crippen LogP contribution < -0.4 is 0 Å². The molecule has 2 heterocycles. The minimum atomic E-state index is -0.842. The van der Waals surface area contributed by atoms with E-state index in [9.17, 15) is 4.79 Å². The number of esters is 1.